The van der Waals surface area contributed by atoms with Crippen molar-refractivity contribution in [3.8, 4) is 11.8 Å². The van der Waals surface area contributed by atoms with Gasteiger partial charge in [-0.05, 0) is 31.0 Å². The molecular formula is C22H26N6O4. The molecule has 10 nitrogen and oxygen atoms in total. The van der Waals surface area contributed by atoms with Crippen molar-refractivity contribution in [2.75, 3.05) is 24.7 Å². The lowest BCUT2D eigenvalue weighted by Crippen LogP contribution is -2.31. The molecule has 2 aromatic rings. The Balaban J connectivity index is 1.59. The number of carbonyl (C=O) groups is 1. The molecule has 0 saturated carbocycles. The van der Waals surface area contributed by atoms with Crippen LogP contribution in [0.1, 0.15) is 45.6 Å². The SMILES string of the molecule is CCOc1cc(N(N)/C=C(\N)CNC[C@H](O)c2ccc3c(c2C)COC3=O)ncc1C#N. The Labute approximate surface area is 186 Å². The number of hydrogen-bond donors (Lipinski definition) is 4. The van der Waals surface area contributed by atoms with E-state index in [-0.39, 0.29) is 25.7 Å². The Hall–Kier alpha value is -3.65. The van der Waals surface area contributed by atoms with Gasteiger partial charge in [-0.25, -0.2) is 15.6 Å². The molecule has 0 saturated heterocycles. The summed E-state index contributed by atoms with van der Waals surface area (Å²) in [5, 5.41) is 24.0. The second-order valence-electron chi connectivity index (χ2n) is 7.22. The third-order valence-corrected chi connectivity index (χ3v) is 5.07. The lowest BCUT2D eigenvalue weighted by molar-refractivity contribution is 0.0535. The molecular weight excluding hydrogens is 412 g/mol. The second kappa shape index (κ2) is 10.1. The first-order valence-electron chi connectivity index (χ1n) is 10.1. The predicted octanol–water partition coefficient (Wildman–Crippen LogP) is 1.13. The van der Waals surface area contributed by atoms with Gasteiger partial charge in [0.05, 0.1) is 24.5 Å². The maximum atomic E-state index is 11.7. The molecule has 1 aromatic carbocycles. The van der Waals surface area contributed by atoms with Crippen LogP contribution in [0.25, 0.3) is 0 Å². The molecule has 168 valence electrons. The van der Waals surface area contributed by atoms with Crippen molar-refractivity contribution < 1.29 is 19.4 Å². The summed E-state index contributed by atoms with van der Waals surface area (Å²) in [6.07, 6.45) is 2.09. The lowest BCUT2D eigenvalue weighted by atomic mass is 9.95. The topological polar surface area (TPSA) is 160 Å². The van der Waals surface area contributed by atoms with Gasteiger partial charge in [0.1, 0.15) is 24.0 Å². The van der Waals surface area contributed by atoms with Crippen LogP contribution in [0.5, 0.6) is 5.75 Å². The molecule has 2 heterocycles. The zero-order chi connectivity index (χ0) is 23.3. The molecule has 0 radical (unpaired) electrons. The number of anilines is 1. The van der Waals surface area contributed by atoms with Crippen LogP contribution in [0, 0.1) is 18.3 Å². The number of rotatable bonds is 9. The highest BCUT2D eigenvalue weighted by atomic mass is 16.5. The number of hydrogen-bond acceptors (Lipinski definition) is 10. The number of aromatic nitrogens is 1. The van der Waals surface area contributed by atoms with Gasteiger partial charge in [-0.3, -0.25) is 5.01 Å². The van der Waals surface area contributed by atoms with Crippen LogP contribution < -0.4 is 26.6 Å². The number of nitrogens with two attached hydrogens (primary N) is 2. The molecule has 3 rings (SSSR count). The first-order valence-corrected chi connectivity index (χ1v) is 10.1. The molecule has 1 atom stereocenters. The van der Waals surface area contributed by atoms with Crippen LogP contribution in [0.4, 0.5) is 5.82 Å². The minimum atomic E-state index is -0.785. The third-order valence-electron chi connectivity index (χ3n) is 5.07. The summed E-state index contributed by atoms with van der Waals surface area (Å²) in [6.45, 7) is 4.82. The number of benzene rings is 1. The van der Waals surface area contributed by atoms with Gasteiger partial charge in [0.25, 0.3) is 0 Å². The van der Waals surface area contributed by atoms with E-state index in [0.717, 1.165) is 16.7 Å². The average Bonchev–Trinajstić information content (AvgIpc) is 3.15. The Kier molecular flexibility index (Phi) is 7.27. The van der Waals surface area contributed by atoms with Crippen LogP contribution in [0.15, 0.2) is 36.3 Å². The van der Waals surface area contributed by atoms with Crippen LogP contribution in [0.2, 0.25) is 0 Å². The van der Waals surface area contributed by atoms with Crippen LogP contribution in [-0.4, -0.2) is 35.8 Å². The number of aliphatic hydroxyl groups excluding tert-OH is 1. The monoisotopic (exact) mass is 438 g/mol. The summed E-state index contributed by atoms with van der Waals surface area (Å²) in [7, 11) is 0. The van der Waals surface area contributed by atoms with Crippen molar-refractivity contribution in [2.45, 2.75) is 26.6 Å². The number of cyclic esters (lactones) is 1. The summed E-state index contributed by atoms with van der Waals surface area (Å²) >= 11 is 0. The van der Waals surface area contributed by atoms with Gasteiger partial charge in [-0.2, -0.15) is 5.26 Å². The fourth-order valence-corrected chi connectivity index (χ4v) is 3.41. The molecule has 1 aliphatic heterocycles. The number of nitrogens with one attached hydrogen (secondary N) is 1. The van der Waals surface area contributed by atoms with E-state index in [0.29, 0.717) is 35.0 Å². The van der Waals surface area contributed by atoms with Gasteiger partial charge in [0, 0.05) is 36.6 Å². The maximum Gasteiger partial charge on any atom is 0.338 e. The molecule has 0 bridgehead atoms. The van der Waals surface area contributed by atoms with E-state index < -0.39 is 6.10 Å². The third kappa shape index (κ3) is 4.97. The second-order valence-corrected chi connectivity index (χ2v) is 7.22. The summed E-state index contributed by atoms with van der Waals surface area (Å²) < 4.78 is 10.5. The molecule has 1 aromatic heterocycles. The average molecular weight is 438 g/mol. The smallest absolute Gasteiger partial charge is 0.338 e. The van der Waals surface area contributed by atoms with Gasteiger partial charge in [0.2, 0.25) is 0 Å². The van der Waals surface area contributed by atoms with Crippen molar-refractivity contribution in [1.29, 1.82) is 5.26 Å². The zero-order valence-electron chi connectivity index (χ0n) is 18.0. The van der Waals surface area contributed by atoms with Gasteiger partial charge < -0.3 is 25.6 Å². The Bertz CT molecular complexity index is 1080. The van der Waals surface area contributed by atoms with Crippen molar-refractivity contribution in [2.24, 2.45) is 11.6 Å². The number of fused-ring (bicyclic) bond motifs is 1. The van der Waals surface area contributed by atoms with E-state index in [1.54, 1.807) is 18.2 Å². The number of pyridine rings is 1. The van der Waals surface area contributed by atoms with Crippen molar-refractivity contribution in [3.05, 3.63) is 64.1 Å². The highest BCUT2D eigenvalue weighted by Gasteiger charge is 2.25. The molecule has 1 aliphatic rings. The Morgan fingerprint density at radius 3 is 3.03 bits per heavy atom. The van der Waals surface area contributed by atoms with Gasteiger partial charge in [-0.1, -0.05) is 6.07 Å². The fourth-order valence-electron chi connectivity index (χ4n) is 3.41. The molecule has 0 amide bonds. The van der Waals surface area contributed by atoms with Crippen LogP contribution in [0.3, 0.4) is 0 Å². The minimum Gasteiger partial charge on any atom is -0.492 e. The largest absolute Gasteiger partial charge is 0.492 e. The van der Waals surface area contributed by atoms with Gasteiger partial charge in [-0.15, -0.1) is 0 Å². The fraction of sp³-hybridized carbons (Fsp3) is 0.318. The van der Waals surface area contributed by atoms with E-state index in [1.165, 1.54) is 17.4 Å². The van der Waals surface area contributed by atoms with Crippen LogP contribution in [-0.2, 0) is 11.3 Å². The molecule has 6 N–H and O–H groups in total. The van der Waals surface area contributed by atoms with E-state index in [9.17, 15) is 9.90 Å². The highest BCUT2D eigenvalue weighted by Crippen LogP contribution is 2.29. The van der Waals surface area contributed by atoms with E-state index in [1.807, 2.05) is 19.9 Å². The highest BCUT2D eigenvalue weighted by molar-refractivity contribution is 5.93. The number of carbonyl (C=O) groups excluding carboxylic acids is 1. The molecule has 10 heteroatoms. The van der Waals surface area contributed by atoms with E-state index >= 15 is 0 Å². The Morgan fingerprint density at radius 2 is 2.31 bits per heavy atom. The number of aliphatic hydroxyl groups is 1. The van der Waals surface area contributed by atoms with Crippen molar-refractivity contribution in [1.82, 2.24) is 10.3 Å². The summed E-state index contributed by atoms with van der Waals surface area (Å²) in [4.78, 5) is 15.8. The number of hydrazine groups is 1. The number of nitrogens with zero attached hydrogens (tertiary/aromatic N) is 3. The summed E-state index contributed by atoms with van der Waals surface area (Å²) in [5.41, 5.74) is 9.69. The molecule has 0 spiro atoms. The van der Waals surface area contributed by atoms with Crippen LogP contribution >= 0.6 is 0 Å². The molecule has 0 unspecified atom stereocenters. The van der Waals surface area contributed by atoms with Gasteiger partial charge in [0.15, 0.2) is 5.82 Å². The zero-order valence-corrected chi connectivity index (χ0v) is 18.0. The minimum absolute atomic E-state index is 0.227. The number of esters is 1. The molecule has 32 heavy (non-hydrogen) atoms. The predicted molar refractivity (Wildman–Crippen MR) is 117 cm³/mol. The van der Waals surface area contributed by atoms with Crippen molar-refractivity contribution in [3.63, 3.8) is 0 Å². The van der Waals surface area contributed by atoms with E-state index in [2.05, 4.69) is 10.3 Å². The Morgan fingerprint density at radius 1 is 1.53 bits per heavy atom. The number of ether oxygens (including phenoxy) is 2. The first-order chi connectivity index (χ1) is 15.3. The maximum absolute atomic E-state index is 11.7. The molecule has 0 fully saturated rings. The quantitative estimate of drug-likeness (QED) is 0.254. The number of nitriles is 1. The normalized spacial score (nSPS) is 13.8. The standard InChI is InChI=1S/C22H26N6O4/c1-3-31-20-6-21(27-8-14(20)7-23)28(25)11-15(24)9-26-10-19(29)16-4-5-17-18(13(16)2)12-32-22(17)30/h4-6,8,11,19,26,29H,3,9-10,12,24-25H2,1-2H3/b15-11-/t19-/m0/s1. The summed E-state index contributed by atoms with van der Waals surface area (Å²) in [5.74, 6) is 6.43. The van der Waals surface area contributed by atoms with Crippen molar-refractivity contribution >= 4 is 11.8 Å². The summed E-state index contributed by atoms with van der Waals surface area (Å²) in [6, 6.07) is 6.99. The lowest BCUT2D eigenvalue weighted by Gasteiger charge is -2.18. The first kappa shape index (κ1) is 23.0. The van der Waals surface area contributed by atoms with E-state index in [4.69, 9.17) is 26.3 Å². The molecule has 0 aliphatic carbocycles. The van der Waals surface area contributed by atoms with Gasteiger partial charge >= 0.3 is 5.97 Å².